The fraction of sp³-hybridized carbons (Fsp3) is 0.406. The number of hydrogen-bond acceptors (Lipinski definition) is 3. The molecule has 1 aliphatic rings. The first kappa shape index (κ1) is 25.0. The Labute approximate surface area is 210 Å². The Kier molecular flexibility index (Phi) is 7.07. The topological polar surface area (TPSA) is 35.5 Å². The van der Waals surface area contributed by atoms with Crippen molar-refractivity contribution >= 4 is 5.97 Å². The Morgan fingerprint density at radius 3 is 2.03 bits per heavy atom. The molecule has 0 bridgehead atoms. The molecule has 0 saturated heterocycles. The van der Waals surface area contributed by atoms with Crippen LogP contribution in [-0.4, -0.2) is 19.2 Å². The van der Waals surface area contributed by atoms with E-state index in [1.165, 1.54) is 35.1 Å². The maximum Gasteiger partial charge on any atom is 0.338 e. The van der Waals surface area contributed by atoms with Crippen LogP contribution in [0.3, 0.4) is 0 Å². The standard InChI is InChI=1S/C32H38O3/c1-7-19-35-29-16-14-24(20-26(29)22-9-11-23(12-10-22)30(33)34-8-2)25-13-15-27-28(21-25)32(5,6)18-17-31(27,3)4/h9-16,20-21H,7-8,17-19H2,1-6H3. The van der Waals surface area contributed by atoms with E-state index in [1.807, 2.05) is 31.2 Å². The van der Waals surface area contributed by atoms with E-state index < -0.39 is 0 Å². The van der Waals surface area contributed by atoms with Gasteiger partial charge in [-0.15, -0.1) is 0 Å². The predicted molar refractivity (Wildman–Crippen MR) is 144 cm³/mol. The first-order valence-electron chi connectivity index (χ1n) is 12.9. The second-order valence-electron chi connectivity index (χ2n) is 10.9. The Balaban J connectivity index is 1.77. The highest BCUT2D eigenvalue weighted by molar-refractivity contribution is 5.90. The van der Waals surface area contributed by atoms with Gasteiger partial charge in [0.1, 0.15) is 5.75 Å². The Morgan fingerprint density at radius 2 is 1.37 bits per heavy atom. The van der Waals surface area contributed by atoms with Crippen molar-refractivity contribution < 1.29 is 14.3 Å². The van der Waals surface area contributed by atoms with Gasteiger partial charge in [0.15, 0.2) is 0 Å². The summed E-state index contributed by atoms with van der Waals surface area (Å²) >= 11 is 0. The van der Waals surface area contributed by atoms with E-state index in [-0.39, 0.29) is 16.8 Å². The van der Waals surface area contributed by atoms with Crippen molar-refractivity contribution in [3.8, 4) is 28.0 Å². The van der Waals surface area contributed by atoms with Crippen LogP contribution in [0.1, 0.15) is 82.3 Å². The summed E-state index contributed by atoms with van der Waals surface area (Å²) in [5.74, 6) is 0.564. The predicted octanol–water partition coefficient (Wildman–Crippen LogP) is 8.34. The summed E-state index contributed by atoms with van der Waals surface area (Å²) in [5.41, 5.74) is 8.29. The van der Waals surface area contributed by atoms with Crippen LogP contribution in [0.4, 0.5) is 0 Å². The number of esters is 1. The lowest BCUT2D eigenvalue weighted by molar-refractivity contribution is 0.0526. The number of hydrogen-bond donors (Lipinski definition) is 0. The van der Waals surface area contributed by atoms with Crippen molar-refractivity contribution in [2.24, 2.45) is 0 Å². The summed E-state index contributed by atoms with van der Waals surface area (Å²) < 4.78 is 11.2. The van der Waals surface area contributed by atoms with E-state index in [0.717, 1.165) is 23.3 Å². The van der Waals surface area contributed by atoms with Gasteiger partial charge in [0.25, 0.3) is 0 Å². The smallest absolute Gasteiger partial charge is 0.338 e. The summed E-state index contributed by atoms with van der Waals surface area (Å²) in [6, 6.07) is 21.0. The van der Waals surface area contributed by atoms with E-state index in [4.69, 9.17) is 9.47 Å². The van der Waals surface area contributed by atoms with Gasteiger partial charge in [-0.3, -0.25) is 0 Å². The van der Waals surface area contributed by atoms with E-state index in [9.17, 15) is 4.79 Å². The highest BCUT2D eigenvalue weighted by Gasteiger charge is 2.37. The molecule has 0 spiro atoms. The van der Waals surface area contributed by atoms with Crippen molar-refractivity contribution in [3.63, 3.8) is 0 Å². The second-order valence-corrected chi connectivity index (χ2v) is 10.9. The summed E-state index contributed by atoms with van der Waals surface area (Å²) in [7, 11) is 0. The molecule has 0 heterocycles. The molecule has 0 unspecified atom stereocenters. The van der Waals surface area contributed by atoms with Crippen molar-refractivity contribution in [1.29, 1.82) is 0 Å². The van der Waals surface area contributed by atoms with Gasteiger partial charge < -0.3 is 9.47 Å². The van der Waals surface area contributed by atoms with Gasteiger partial charge in [0, 0.05) is 5.56 Å². The third-order valence-electron chi connectivity index (χ3n) is 7.33. The zero-order valence-electron chi connectivity index (χ0n) is 22.0. The average molecular weight is 471 g/mol. The van der Waals surface area contributed by atoms with Crippen LogP contribution in [0, 0.1) is 0 Å². The molecule has 0 aliphatic heterocycles. The van der Waals surface area contributed by atoms with Gasteiger partial charge in [-0.25, -0.2) is 4.79 Å². The largest absolute Gasteiger partial charge is 0.493 e. The monoisotopic (exact) mass is 470 g/mol. The van der Waals surface area contributed by atoms with E-state index in [2.05, 4.69) is 71.0 Å². The summed E-state index contributed by atoms with van der Waals surface area (Å²) in [5, 5.41) is 0. The van der Waals surface area contributed by atoms with Gasteiger partial charge in [-0.05, 0) is 89.1 Å². The quantitative estimate of drug-likeness (QED) is 0.326. The molecule has 3 aromatic carbocycles. The minimum Gasteiger partial charge on any atom is -0.493 e. The minimum absolute atomic E-state index is 0.163. The minimum atomic E-state index is -0.296. The van der Waals surface area contributed by atoms with Gasteiger partial charge in [-0.2, -0.15) is 0 Å². The maximum absolute atomic E-state index is 12.1. The molecular formula is C32H38O3. The van der Waals surface area contributed by atoms with Crippen LogP contribution in [0.15, 0.2) is 60.7 Å². The van der Waals surface area contributed by atoms with Crippen LogP contribution in [0.2, 0.25) is 0 Å². The summed E-state index contributed by atoms with van der Waals surface area (Å²) in [6.45, 7) is 14.4. The molecule has 3 heteroatoms. The lowest BCUT2D eigenvalue weighted by Crippen LogP contribution is -2.33. The van der Waals surface area contributed by atoms with Crippen LogP contribution in [0.25, 0.3) is 22.3 Å². The van der Waals surface area contributed by atoms with Crippen LogP contribution in [0.5, 0.6) is 5.75 Å². The van der Waals surface area contributed by atoms with Crippen LogP contribution in [-0.2, 0) is 15.6 Å². The Hall–Kier alpha value is -3.07. The highest BCUT2D eigenvalue weighted by atomic mass is 16.5. The zero-order valence-corrected chi connectivity index (χ0v) is 22.0. The molecule has 0 aromatic heterocycles. The molecule has 3 aromatic rings. The third kappa shape index (κ3) is 5.15. The first-order chi connectivity index (χ1) is 16.7. The lowest BCUT2D eigenvalue weighted by Gasteiger charge is -2.42. The molecule has 0 amide bonds. The number of rotatable bonds is 7. The number of fused-ring (bicyclic) bond motifs is 1. The fourth-order valence-electron chi connectivity index (χ4n) is 5.04. The molecule has 0 N–H and O–H groups in total. The zero-order chi connectivity index (χ0) is 25.2. The van der Waals surface area contributed by atoms with Crippen LogP contribution < -0.4 is 4.74 Å². The van der Waals surface area contributed by atoms with E-state index in [1.54, 1.807) is 0 Å². The molecule has 3 nitrogen and oxygen atoms in total. The number of benzene rings is 3. The number of carbonyl (C=O) groups excluding carboxylic acids is 1. The molecule has 0 fully saturated rings. The van der Waals surface area contributed by atoms with Crippen molar-refractivity contribution in [2.45, 2.75) is 71.6 Å². The van der Waals surface area contributed by atoms with E-state index >= 15 is 0 Å². The van der Waals surface area contributed by atoms with E-state index in [0.29, 0.717) is 18.8 Å². The fourth-order valence-corrected chi connectivity index (χ4v) is 5.04. The van der Waals surface area contributed by atoms with Gasteiger partial charge in [-0.1, -0.05) is 71.0 Å². The average Bonchev–Trinajstić information content (AvgIpc) is 2.85. The van der Waals surface area contributed by atoms with Gasteiger partial charge in [0.2, 0.25) is 0 Å². The molecule has 4 rings (SSSR count). The Morgan fingerprint density at radius 1 is 0.771 bits per heavy atom. The normalized spacial score (nSPS) is 15.8. The molecule has 35 heavy (non-hydrogen) atoms. The van der Waals surface area contributed by atoms with Gasteiger partial charge >= 0.3 is 5.97 Å². The molecule has 184 valence electrons. The molecule has 0 saturated carbocycles. The SMILES string of the molecule is CCCOc1ccc(-c2ccc3c(c2)C(C)(C)CCC3(C)C)cc1-c1ccc(C(=O)OCC)cc1. The second kappa shape index (κ2) is 9.89. The number of ether oxygens (including phenoxy) is 2. The Bertz CT molecular complexity index is 1200. The molecule has 1 aliphatic carbocycles. The maximum atomic E-state index is 12.1. The highest BCUT2D eigenvalue weighted by Crippen LogP contribution is 2.47. The van der Waals surface area contributed by atoms with Crippen molar-refractivity contribution in [1.82, 2.24) is 0 Å². The molecule has 0 radical (unpaired) electrons. The summed E-state index contributed by atoms with van der Waals surface area (Å²) in [4.78, 5) is 12.1. The first-order valence-corrected chi connectivity index (χ1v) is 12.9. The molecule has 0 atom stereocenters. The molecular weight excluding hydrogens is 432 g/mol. The number of carbonyl (C=O) groups is 1. The van der Waals surface area contributed by atoms with Crippen molar-refractivity contribution in [3.05, 3.63) is 77.4 Å². The van der Waals surface area contributed by atoms with Gasteiger partial charge in [0.05, 0.1) is 18.8 Å². The van der Waals surface area contributed by atoms with Crippen molar-refractivity contribution in [2.75, 3.05) is 13.2 Å². The summed E-state index contributed by atoms with van der Waals surface area (Å²) in [6.07, 6.45) is 3.35. The lowest BCUT2D eigenvalue weighted by atomic mass is 9.63. The third-order valence-corrected chi connectivity index (χ3v) is 7.33. The van der Waals surface area contributed by atoms with Crippen LogP contribution >= 0.6 is 0 Å².